The van der Waals surface area contributed by atoms with E-state index in [1.807, 2.05) is 0 Å². The summed E-state index contributed by atoms with van der Waals surface area (Å²) in [5.41, 5.74) is 6.87. The van der Waals surface area contributed by atoms with E-state index >= 15 is 0 Å². The highest BCUT2D eigenvalue weighted by atomic mass is 19.1. The average Bonchev–Trinajstić information content (AvgIpc) is 1.80. The predicted octanol–water partition coefficient (Wildman–Crippen LogP) is -1.04. The highest BCUT2D eigenvalue weighted by molar-refractivity contribution is 5.74. The maximum atomic E-state index is 11.3. The molecule has 0 fully saturated rings. The number of hydrogen-bond acceptors (Lipinski definition) is 3. The van der Waals surface area contributed by atoms with Crippen LogP contribution >= 0.6 is 0 Å². The molecule has 0 spiro atoms. The van der Waals surface area contributed by atoms with E-state index in [1.54, 1.807) is 0 Å². The molecule has 0 atom stereocenters. The Morgan fingerprint density at radius 3 is 2.89 bits per heavy atom. The van der Waals surface area contributed by atoms with E-state index in [0.29, 0.717) is 0 Å². The molecule has 0 aliphatic rings. The maximum Gasteiger partial charge on any atom is 0.245 e. The lowest BCUT2D eigenvalue weighted by atomic mass is 10.7. The van der Waals surface area contributed by atoms with Gasteiger partial charge in [-0.25, -0.2) is 4.39 Å². The van der Waals surface area contributed by atoms with Crippen molar-refractivity contribution < 1.29 is 14.0 Å². The van der Waals surface area contributed by atoms with E-state index in [2.05, 4.69) is 16.1 Å². The molecule has 0 saturated heterocycles. The number of carbonyl (C=O) groups excluding carboxylic acids is 1. The summed E-state index contributed by atoms with van der Waals surface area (Å²) in [6, 6.07) is 0. The zero-order valence-electron chi connectivity index (χ0n) is 4.89. The number of nitrogens with two attached hydrogens (primary N) is 1. The second-order valence-corrected chi connectivity index (χ2v) is 1.34. The summed E-state index contributed by atoms with van der Waals surface area (Å²) in [6.45, 7) is -0.675. The van der Waals surface area contributed by atoms with E-state index in [9.17, 15) is 9.18 Å². The van der Waals surface area contributed by atoms with Gasteiger partial charge in [0.1, 0.15) is 13.3 Å². The van der Waals surface area contributed by atoms with Crippen LogP contribution in [0.25, 0.3) is 0 Å². The fraction of sp³-hybridized carbons (Fsp3) is 0.750. The van der Waals surface area contributed by atoms with Crippen molar-refractivity contribution in [2.75, 3.05) is 19.8 Å². The SMILES string of the molecule is NC(=O)CONCCF. The molecule has 0 heterocycles. The number of carbonyl (C=O) groups is 1. The number of rotatable bonds is 5. The fourth-order valence-corrected chi connectivity index (χ4v) is 0.233. The van der Waals surface area contributed by atoms with E-state index in [4.69, 9.17) is 0 Å². The van der Waals surface area contributed by atoms with Crippen molar-refractivity contribution in [1.82, 2.24) is 5.48 Å². The quantitative estimate of drug-likeness (QED) is 0.375. The van der Waals surface area contributed by atoms with Gasteiger partial charge in [0.2, 0.25) is 5.91 Å². The number of amides is 1. The Balaban J connectivity index is 2.83. The number of hydrogen-bond donors (Lipinski definition) is 2. The molecule has 54 valence electrons. The summed E-state index contributed by atoms with van der Waals surface area (Å²) in [6.07, 6.45) is 0. The van der Waals surface area contributed by atoms with Gasteiger partial charge in [0.15, 0.2) is 0 Å². The topological polar surface area (TPSA) is 64.4 Å². The summed E-state index contributed by atoms with van der Waals surface area (Å²) in [7, 11) is 0. The van der Waals surface area contributed by atoms with E-state index in [-0.39, 0.29) is 13.2 Å². The Kier molecular flexibility index (Phi) is 5.04. The number of alkyl halides is 1. The number of hydroxylamine groups is 1. The molecular formula is C4H9FN2O2. The largest absolute Gasteiger partial charge is 0.368 e. The Labute approximate surface area is 52.1 Å². The van der Waals surface area contributed by atoms with Crippen molar-refractivity contribution in [3.05, 3.63) is 0 Å². The van der Waals surface area contributed by atoms with Crippen LogP contribution in [0.15, 0.2) is 0 Å². The minimum atomic E-state index is -0.582. The third-order valence-corrected chi connectivity index (χ3v) is 0.513. The zero-order chi connectivity index (χ0) is 7.11. The van der Waals surface area contributed by atoms with Crippen molar-refractivity contribution in [3.63, 3.8) is 0 Å². The smallest absolute Gasteiger partial charge is 0.245 e. The monoisotopic (exact) mass is 136 g/mol. The normalized spacial score (nSPS) is 9.44. The van der Waals surface area contributed by atoms with Crippen LogP contribution in [-0.4, -0.2) is 25.7 Å². The predicted molar refractivity (Wildman–Crippen MR) is 29.1 cm³/mol. The van der Waals surface area contributed by atoms with Gasteiger partial charge >= 0.3 is 0 Å². The molecule has 0 aliphatic carbocycles. The Morgan fingerprint density at radius 2 is 2.44 bits per heavy atom. The molecule has 0 aliphatic heterocycles. The van der Waals surface area contributed by atoms with Crippen molar-refractivity contribution in [1.29, 1.82) is 0 Å². The van der Waals surface area contributed by atoms with Crippen molar-refractivity contribution >= 4 is 5.91 Å². The molecule has 0 radical (unpaired) electrons. The van der Waals surface area contributed by atoms with Gasteiger partial charge in [0.05, 0.1) is 0 Å². The minimum Gasteiger partial charge on any atom is -0.368 e. The molecule has 0 rings (SSSR count). The molecular weight excluding hydrogens is 127 g/mol. The second kappa shape index (κ2) is 5.46. The summed E-state index contributed by atoms with van der Waals surface area (Å²) in [5.74, 6) is -0.582. The van der Waals surface area contributed by atoms with E-state index < -0.39 is 12.6 Å². The first-order valence-electron chi connectivity index (χ1n) is 2.46. The highest BCUT2D eigenvalue weighted by Crippen LogP contribution is 1.66. The van der Waals surface area contributed by atoms with Crippen molar-refractivity contribution in [2.45, 2.75) is 0 Å². The Morgan fingerprint density at radius 1 is 1.78 bits per heavy atom. The number of nitrogens with one attached hydrogen (secondary N) is 1. The van der Waals surface area contributed by atoms with Gasteiger partial charge < -0.3 is 5.73 Å². The molecule has 1 amide bonds. The van der Waals surface area contributed by atoms with Crippen LogP contribution in [0.4, 0.5) is 4.39 Å². The van der Waals surface area contributed by atoms with Gasteiger partial charge in [-0.1, -0.05) is 0 Å². The van der Waals surface area contributed by atoms with Crippen LogP contribution in [-0.2, 0) is 9.63 Å². The van der Waals surface area contributed by atoms with Gasteiger partial charge in [0, 0.05) is 6.54 Å². The first kappa shape index (κ1) is 8.32. The summed E-state index contributed by atoms with van der Waals surface area (Å²) >= 11 is 0. The first-order valence-corrected chi connectivity index (χ1v) is 2.46. The average molecular weight is 136 g/mol. The molecule has 9 heavy (non-hydrogen) atoms. The summed E-state index contributed by atoms with van der Waals surface area (Å²) in [5, 5.41) is 0. The van der Waals surface area contributed by atoms with Crippen molar-refractivity contribution in [3.8, 4) is 0 Å². The van der Waals surface area contributed by atoms with Crippen LogP contribution in [0, 0.1) is 0 Å². The van der Waals surface area contributed by atoms with Crippen LogP contribution in [0.3, 0.4) is 0 Å². The number of primary amides is 1. The molecule has 3 N–H and O–H groups in total. The fourth-order valence-electron chi connectivity index (χ4n) is 0.233. The van der Waals surface area contributed by atoms with E-state index in [0.717, 1.165) is 0 Å². The van der Waals surface area contributed by atoms with Gasteiger partial charge in [-0.15, -0.1) is 0 Å². The van der Waals surface area contributed by atoms with Gasteiger partial charge in [-0.2, -0.15) is 5.48 Å². The minimum absolute atomic E-state index is 0.0767. The molecule has 0 aromatic rings. The lowest BCUT2D eigenvalue weighted by Gasteiger charge is -1.98. The van der Waals surface area contributed by atoms with Crippen molar-refractivity contribution in [2.24, 2.45) is 5.73 Å². The van der Waals surface area contributed by atoms with E-state index in [1.165, 1.54) is 0 Å². The van der Waals surface area contributed by atoms with Crippen LogP contribution in [0.1, 0.15) is 0 Å². The Bertz CT molecular complexity index is 88.6. The molecule has 4 nitrogen and oxygen atoms in total. The second-order valence-electron chi connectivity index (χ2n) is 1.34. The summed E-state index contributed by atoms with van der Waals surface area (Å²) in [4.78, 5) is 14.3. The lowest BCUT2D eigenvalue weighted by molar-refractivity contribution is -0.125. The third kappa shape index (κ3) is 7.32. The molecule has 5 heteroatoms. The van der Waals surface area contributed by atoms with Gasteiger partial charge in [-0.3, -0.25) is 9.63 Å². The third-order valence-electron chi connectivity index (χ3n) is 0.513. The van der Waals surface area contributed by atoms with Gasteiger partial charge in [-0.05, 0) is 0 Å². The Hall–Kier alpha value is -0.680. The number of halogens is 1. The van der Waals surface area contributed by atoms with Crippen LogP contribution in [0.5, 0.6) is 0 Å². The maximum absolute atomic E-state index is 11.3. The van der Waals surface area contributed by atoms with Crippen LogP contribution < -0.4 is 11.2 Å². The lowest BCUT2D eigenvalue weighted by Crippen LogP contribution is -2.25. The molecule has 0 bridgehead atoms. The standard InChI is InChI=1S/C4H9FN2O2/c5-1-2-7-9-3-4(6)8/h7H,1-3H2,(H2,6,8). The highest BCUT2D eigenvalue weighted by Gasteiger charge is 1.91. The summed E-state index contributed by atoms with van der Waals surface area (Å²) < 4.78 is 11.3. The zero-order valence-corrected chi connectivity index (χ0v) is 4.89. The molecule has 0 aromatic carbocycles. The van der Waals surface area contributed by atoms with Gasteiger partial charge in [0.25, 0.3) is 0 Å². The molecule has 0 unspecified atom stereocenters. The molecule has 0 saturated carbocycles. The molecule has 0 aromatic heterocycles. The first-order chi connectivity index (χ1) is 4.27. The van der Waals surface area contributed by atoms with Crippen LogP contribution in [0.2, 0.25) is 0 Å².